The number of aliphatic imine (C=N–C) groups is 2. The first kappa shape index (κ1) is 19.7. The summed E-state index contributed by atoms with van der Waals surface area (Å²) >= 11 is 0. The molecule has 0 saturated carbocycles. The highest BCUT2D eigenvalue weighted by Crippen LogP contribution is 2.30. The maximum absolute atomic E-state index is 5.88. The van der Waals surface area contributed by atoms with Crippen molar-refractivity contribution in [2.24, 2.45) is 9.98 Å². The van der Waals surface area contributed by atoms with Crippen molar-refractivity contribution >= 4 is 11.8 Å². The summed E-state index contributed by atoms with van der Waals surface area (Å²) < 4.78 is 11.8. The van der Waals surface area contributed by atoms with Crippen molar-refractivity contribution in [1.82, 2.24) is 0 Å². The summed E-state index contributed by atoms with van der Waals surface area (Å²) in [5.41, 5.74) is 5.23. The van der Waals surface area contributed by atoms with Crippen LogP contribution in [0.25, 0.3) is 0 Å². The Hall–Kier alpha value is -2.62. The van der Waals surface area contributed by atoms with E-state index in [0.717, 1.165) is 24.6 Å². The molecule has 0 radical (unpaired) electrons. The van der Waals surface area contributed by atoms with Crippen LogP contribution >= 0.6 is 0 Å². The summed E-state index contributed by atoms with van der Waals surface area (Å²) in [6, 6.07) is 17.4. The third-order valence-corrected chi connectivity index (χ3v) is 6.10. The molecular weight excluding hydrogens is 360 g/mol. The van der Waals surface area contributed by atoms with E-state index in [1.807, 2.05) is 0 Å². The Morgan fingerprint density at radius 2 is 1.69 bits per heavy atom. The highest BCUT2D eigenvalue weighted by Gasteiger charge is 2.27. The van der Waals surface area contributed by atoms with Gasteiger partial charge in [0.1, 0.15) is 19.3 Å². The van der Waals surface area contributed by atoms with Crippen molar-refractivity contribution in [2.75, 3.05) is 13.2 Å². The van der Waals surface area contributed by atoms with Crippen molar-refractivity contribution < 1.29 is 9.47 Å². The molecule has 2 heterocycles. The van der Waals surface area contributed by atoms with Crippen LogP contribution in [0.5, 0.6) is 0 Å². The molecule has 0 N–H and O–H groups in total. The fraction of sp³-hybridized carbons (Fsp3) is 0.440. The van der Waals surface area contributed by atoms with Gasteiger partial charge < -0.3 is 9.47 Å². The molecule has 1 unspecified atom stereocenters. The smallest absolute Gasteiger partial charge is 0.193 e. The Morgan fingerprint density at radius 1 is 0.931 bits per heavy atom. The molecule has 4 heteroatoms. The van der Waals surface area contributed by atoms with Crippen molar-refractivity contribution in [3.63, 3.8) is 0 Å². The van der Waals surface area contributed by atoms with Crippen LogP contribution in [-0.2, 0) is 9.47 Å². The molecule has 4 rings (SSSR count). The van der Waals surface area contributed by atoms with Crippen molar-refractivity contribution in [1.29, 1.82) is 0 Å². The first-order valence-electron chi connectivity index (χ1n) is 10.6. The van der Waals surface area contributed by atoms with Gasteiger partial charge in [0.25, 0.3) is 0 Å². The zero-order chi connectivity index (χ0) is 20.2. The molecule has 0 bridgehead atoms. The summed E-state index contributed by atoms with van der Waals surface area (Å²) in [5, 5.41) is 0. The Kier molecular flexibility index (Phi) is 5.98. The van der Waals surface area contributed by atoms with Crippen LogP contribution in [0.3, 0.4) is 0 Å². The number of hydrogen-bond acceptors (Lipinski definition) is 4. The van der Waals surface area contributed by atoms with Crippen LogP contribution in [-0.4, -0.2) is 31.1 Å². The maximum atomic E-state index is 5.88. The number of nitrogens with zero attached hydrogens (tertiary/aromatic N) is 2. The number of benzene rings is 2. The van der Waals surface area contributed by atoms with Gasteiger partial charge in [-0.1, -0.05) is 55.5 Å². The standard InChI is InChI=1S/C25H30N2O2/c1-4-19(20-10-6-5-7-11-20)13-21-15-28-24(26-21)14-25-27-23(16-29-25)22-12-8-9-17(2)18(22)3/h5-12,19,21,23H,4,13-16H2,1-3H3/t19?,21-,23+/m0/s1. The summed E-state index contributed by atoms with van der Waals surface area (Å²) in [4.78, 5) is 9.63. The van der Waals surface area contributed by atoms with Gasteiger partial charge in [-0.25, -0.2) is 9.98 Å². The van der Waals surface area contributed by atoms with Gasteiger partial charge in [-0.2, -0.15) is 0 Å². The van der Waals surface area contributed by atoms with E-state index in [2.05, 4.69) is 69.3 Å². The minimum atomic E-state index is 0.0743. The Bertz CT molecular complexity index is 904. The average molecular weight is 391 g/mol. The van der Waals surface area contributed by atoms with Crippen LogP contribution in [0.4, 0.5) is 0 Å². The van der Waals surface area contributed by atoms with E-state index in [9.17, 15) is 0 Å². The highest BCUT2D eigenvalue weighted by atomic mass is 16.5. The topological polar surface area (TPSA) is 43.2 Å². The van der Waals surface area contributed by atoms with Crippen LogP contribution in [0.15, 0.2) is 58.5 Å². The van der Waals surface area contributed by atoms with E-state index in [-0.39, 0.29) is 12.1 Å². The minimum Gasteiger partial charge on any atom is -0.478 e. The Labute approximate surface area is 173 Å². The van der Waals surface area contributed by atoms with Gasteiger partial charge in [-0.3, -0.25) is 0 Å². The van der Waals surface area contributed by atoms with Gasteiger partial charge in [0.15, 0.2) is 11.8 Å². The Morgan fingerprint density at radius 3 is 2.48 bits per heavy atom. The van der Waals surface area contributed by atoms with Crippen LogP contribution in [0.1, 0.15) is 60.4 Å². The molecule has 2 aliphatic rings. The molecule has 0 spiro atoms. The zero-order valence-electron chi connectivity index (χ0n) is 17.6. The fourth-order valence-corrected chi connectivity index (χ4v) is 4.22. The normalized spacial score (nSPS) is 21.9. The predicted molar refractivity (Wildman–Crippen MR) is 118 cm³/mol. The third kappa shape index (κ3) is 4.52. The second-order valence-corrected chi connectivity index (χ2v) is 8.05. The number of hydrogen-bond donors (Lipinski definition) is 0. The van der Waals surface area contributed by atoms with E-state index < -0.39 is 0 Å². The first-order valence-corrected chi connectivity index (χ1v) is 10.6. The summed E-state index contributed by atoms with van der Waals surface area (Å²) in [6.07, 6.45) is 2.68. The highest BCUT2D eigenvalue weighted by molar-refractivity contribution is 5.98. The summed E-state index contributed by atoms with van der Waals surface area (Å²) in [5.74, 6) is 2.02. The molecule has 2 aromatic rings. The van der Waals surface area contributed by atoms with Gasteiger partial charge in [0.05, 0.1) is 12.5 Å². The van der Waals surface area contributed by atoms with E-state index in [4.69, 9.17) is 19.5 Å². The molecule has 2 aliphatic heterocycles. The maximum Gasteiger partial charge on any atom is 0.193 e. The molecule has 152 valence electrons. The van der Waals surface area contributed by atoms with Crippen LogP contribution < -0.4 is 0 Å². The molecule has 0 amide bonds. The molecule has 0 aromatic heterocycles. The molecule has 29 heavy (non-hydrogen) atoms. The SMILES string of the molecule is CCC(C[C@H]1COC(CC2=N[C@@H](c3cccc(C)c3C)CO2)=N1)c1ccccc1. The van der Waals surface area contributed by atoms with E-state index >= 15 is 0 Å². The average Bonchev–Trinajstić information content (AvgIpc) is 3.39. The first-order chi connectivity index (χ1) is 14.1. The third-order valence-electron chi connectivity index (χ3n) is 6.10. The van der Waals surface area contributed by atoms with Crippen molar-refractivity contribution in [3.8, 4) is 0 Å². The molecule has 0 saturated heterocycles. The molecule has 4 nitrogen and oxygen atoms in total. The lowest BCUT2D eigenvalue weighted by molar-refractivity contribution is 0.292. The second-order valence-electron chi connectivity index (χ2n) is 8.05. The zero-order valence-corrected chi connectivity index (χ0v) is 17.6. The quantitative estimate of drug-likeness (QED) is 0.622. The van der Waals surface area contributed by atoms with Gasteiger partial charge in [-0.05, 0) is 54.9 Å². The summed E-state index contributed by atoms with van der Waals surface area (Å²) in [6.45, 7) is 7.80. The van der Waals surface area contributed by atoms with Crippen molar-refractivity contribution in [3.05, 3.63) is 70.8 Å². The second kappa shape index (κ2) is 8.81. The van der Waals surface area contributed by atoms with E-state index in [1.54, 1.807) is 0 Å². The number of ether oxygens (including phenoxy) is 2. The molecular formula is C25H30N2O2. The van der Waals surface area contributed by atoms with Gasteiger partial charge in [0, 0.05) is 0 Å². The fourth-order valence-electron chi connectivity index (χ4n) is 4.22. The lowest BCUT2D eigenvalue weighted by Gasteiger charge is -2.17. The van der Waals surface area contributed by atoms with Gasteiger partial charge >= 0.3 is 0 Å². The predicted octanol–water partition coefficient (Wildman–Crippen LogP) is 5.54. The lowest BCUT2D eigenvalue weighted by atomic mass is 9.90. The van der Waals surface area contributed by atoms with Gasteiger partial charge in [-0.15, -0.1) is 0 Å². The molecule has 0 fully saturated rings. The Balaban J connectivity index is 1.38. The van der Waals surface area contributed by atoms with Crippen LogP contribution in [0, 0.1) is 13.8 Å². The van der Waals surface area contributed by atoms with Gasteiger partial charge in [0.2, 0.25) is 0 Å². The van der Waals surface area contributed by atoms with E-state index in [1.165, 1.54) is 22.3 Å². The lowest BCUT2D eigenvalue weighted by Crippen LogP contribution is -2.12. The molecule has 0 aliphatic carbocycles. The number of aryl methyl sites for hydroxylation is 1. The molecule has 2 aromatic carbocycles. The molecule has 3 atom stereocenters. The number of rotatable bonds is 7. The largest absolute Gasteiger partial charge is 0.478 e. The summed E-state index contributed by atoms with van der Waals surface area (Å²) in [7, 11) is 0. The van der Waals surface area contributed by atoms with E-state index in [0.29, 0.717) is 25.6 Å². The van der Waals surface area contributed by atoms with Crippen LogP contribution in [0.2, 0.25) is 0 Å². The van der Waals surface area contributed by atoms with Crippen molar-refractivity contribution in [2.45, 2.75) is 58.0 Å². The monoisotopic (exact) mass is 390 g/mol. The minimum absolute atomic E-state index is 0.0743.